The van der Waals surface area contributed by atoms with Crippen molar-refractivity contribution in [2.45, 2.75) is 13.5 Å². The molecule has 7 heteroatoms. The van der Waals surface area contributed by atoms with Crippen LogP contribution in [0.1, 0.15) is 11.1 Å². The van der Waals surface area contributed by atoms with Gasteiger partial charge in [-0.05, 0) is 24.6 Å². The van der Waals surface area contributed by atoms with Crippen LogP contribution in [0.4, 0.5) is 5.69 Å². The fraction of sp³-hybridized carbons (Fsp3) is 0.154. The number of nitro groups is 1. The summed E-state index contributed by atoms with van der Waals surface area (Å²) >= 11 is 3.20. The van der Waals surface area contributed by atoms with Crippen molar-refractivity contribution in [2.75, 3.05) is 0 Å². The van der Waals surface area contributed by atoms with Gasteiger partial charge in [-0.25, -0.2) is 4.98 Å². The Morgan fingerprint density at radius 2 is 2.15 bits per heavy atom. The third-order valence-electron chi connectivity index (χ3n) is 2.55. The van der Waals surface area contributed by atoms with E-state index in [1.54, 1.807) is 19.1 Å². The molecule has 0 amide bonds. The lowest BCUT2D eigenvalue weighted by atomic mass is 10.2. The number of pyridine rings is 1. The minimum Gasteiger partial charge on any atom is -0.438 e. The lowest BCUT2D eigenvalue weighted by Gasteiger charge is -2.08. The molecule has 6 nitrogen and oxygen atoms in total. The number of hydrogen-bond donors (Lipinski definition) is 1. The number of ether oxygens (including phenoxy) is 1. The van der Waals surface area contributed by atoms with Gasteiger partial charge in [-0.15, -0.1) is 0 Å². The molecule has 0 bridgehead atoms. The number of nitrogens with zero attached hydrogens (tertiary/aromatic N) is 2. The summed E-state index contributed by atoms with van der Waals surface area (Å²) in [6, 6.07) is 6.08. The summed E-state index contributed by atoms with van der Waals surface area (Å²) in [5.41, 5.74) is 1.34. The standard InChI is InChI=1S/C13H11BrN2O4/c1-8-2-9(7-17)6-15-13(8)20-12-4-10(14)3-11(5-12)16(18)19/h2-6,17H,7H2,1H3. The van der Waals surface area contributed by atoms with Crippen LogP contribution in [-0.2, 0) is 6.61 Å². The van der Waals surface area contributed by atoms with Crippen molar-refractivity contribution < 1.29 is 14.8 Å². The quantitative estimate of drug-likeness (QED) is 0.682. The fourth-order valence-electron chi connectivity index (χ4n) is 1.64. The Morgan fingerprint density at radius 3 is 2.75 bits per heavy atom. The molecule has 0 fully saturated rings. The van der Waals surface area contributed by atoms with E-state index in [0.29, 0.717) is 21.7 Å². The van der Waals surface area contributed by atoms with Gasteiger partial charge in [0.15, 0.2) is 0 Å². The number of nitro benzene ring substituents is 1. The van der Waals surface area contributed by atoms with Crippen molar-refractivity contribution in [1.82, 2.24) is 4.98 Å². The van der Waals surface area contributed by atoms with Gasteiger partial charge in [0.2, 0.25) is 5.88 Å². The predicted molar refractivity (Wildman–Crippen MR) is 75.8 cm³/mol. The molecule has 0 aliphatic rings. The van der Waals surface area contributed by atoms with Crippen LogP contribution >= 0.6 is 15.9 Å². The maximum atomic E-state index is 10.8. The SMILES string of the molecule is Cc1cc(CO)cnc1Oc1cc(Br)cc([N+](=O)[O-])c1. The summed E-state index contributed by atoms with van der Waals surface area (Å²) < 4.78 is 6.10. The van der Waals surface area contributed by atoms with E-state index in [2.05, 4.69) is 20.9 Å². The largest absolute Gasteiger partial charge is 0.438 e. The molecule has 0 atom stereocenters. The Hall–Kier alpha value is -1.99. The van der Waals surface area contributed by atoms with Gasteiger partial charge in [0.25, 0.3) is 5.69 Å². The van der Waals surface area contributed by atoms with Gasteiger partial charge in [-0.1, -0.05) is 15.9 Å². The summed E-state index contributed by atoms with van der Waals surface area (Å²) in [5, 5.41) is 19.8. The maximum absolute atomic E-state index is 10.8. The van der Waals surface area contributed by atoms with E-state index in [1.165, 1.54) is 18.3 Å². The summed E-state index contributed by atoms with van der Waals surface area (Å²) in [5.74, 6) is 0.660. The van der Waals surface area contributed by atoms with E-state index in [9.17, 15) is 10.1 Å². The molecule has 0 aliphatic heterocycles. The Balaban J connectivity index is 2.32. The lowest BCUT2D eigenvalue weighted by molar-refractivity contribution is -0.385. The minimum absolute atomic E-state index is 0.0704. The molecule has 0 aliphatic carbocycles. The van der Waals surface area contributed by atoms with Crippen molar-refractivity contribution in [3.05, 3.63) is 56.2 Å². The highest BCUT2D eigenvalue weighted by Crippen LogP contribution is 2.30. The minimum atomic E-state index is -0.493. The van der Waals surface area contributed by atoms with Crippen LogP contribution in [0.3, 0.4) is 0 Å². The first kappa shape index (κ1) is 14.4. The van der Waals surface area contributed by atoms with Gasteiger partial charge in [-0.2, -0.15) is 0 Å². The van der Waals surface area contributed by atoms with E-state index >= 15 is 0 Å². The van der Waals surface area contributed by atoms with Gasteiger partial charge in [0.1, 0.15) is 5.75 Å². The number of halogens is 1. The van der Waals surface area contributed by atoms with Gasteiger partial charge in [0.05, 0.1) is 17.6 Å². The average Bonchev–Trinajstić information content (AvgIpc) is 2.40. The van der Waals surface area contributed by atoms with Crippen molar-refractivity contribution in [3.63, 3.8) is 0 Å². The van der Waals surface area contributed by atoms with Gasteiger partial charge < -0.3 is 9.84 Å². The van der Waals surface area contributed by atoms with E-state index < -0.39 is 4.92 Å². The van der Waals surface area contributed by atoms with Crippen LogP contribution in [0.5, 0.6) is 11.6 Å². The molecule has 1 aromatic heterocycles. The summed E-state index contributed by atoms with van der Waals surface area (Å²) in [7, 11) is 0. The van der Waals surface area contributed by atoms with Crippen molar-refractivity contribution in [2.24, 2.45) is 0 Å². The van der Waals surface area contributed by atoms with Gasteiger partial charge >= 0.3 is 0 Å². The Labute approximate surface area is 123 Å². The van der Waals surface area contributed by atoms with E-state index in [0.717, 1.165) is 5.56 Å². The molecule has 1 aromatic carbocycles. The molecule has 1 N–H and O–H groups in total. The summed E-state index contributed by atoms with van der Waals surface area (Å²) in [4.78, 5) is 14.4. The molecule has 0 unspecified atom stereocenters. The molecule has 104 valence electrons. The Kier molecular flexibility index (Phi) is 4.31. The van der Waals surface area contributed by atoms with Crippen LogP contribution in [0.25, 0.3) is 0 Å². The molecule has 0 saturated heterocycles. The van der Waals surface area contributed by atoms with Gasteiger partial charge in [-0.3, -0.25) is 10.1 Å². The van der Waals surface area contributed by atoms with E-state index in [4.69, 9.17) is 9.84 Å². The van der Waals surface area contributed by atoms with Crippen LogP contribution in [0.15, 0.2) is 34.9 Å². The first-order valence-corrected chi connectivity index (χ1v) is 6.48. The molecular weight excluding hydrogens is 328 g/mol. The number of aliphatic hydroxyl groups excluding tert-OH is 1. The van der Waals surface area contributed by atoms with Crippen LogP contribution in [0.2, 0.25) is 0 Å². The summed E-state index contributed by atoms with van der Waals surface area (Å²) in [6.07, 6.45) is 1.49. The number of aromatic nitrogens is 1. The normalized spacial score (nSPS) is 10.3. The van der Waals surface area contributed by atoms with Crippen LogP contribution < -0.4 is 4.74 Å². The molecule has 20 heavy (non-hydrogen) atoms. The van der Waals surface area contributed by atoms with Crippen LogP contribution in [-0.4, -0.2) is 15.0 Å². The average molecular weight is 339 g/mol. The van der Waals surface area contributed by atoms with Crippen molar-refractivity contribution in [1.29, 1.82) is 0 Å². The number of benzene rings is 1. The lowest BCUT2D eigenvalue weighted by Crippen LogP contribution is -1.95. The first-order chi connectivity index (χ1) is 9.49. The number of hydrogen-bond acceptors (Lipinski definition) is 5. The molecular formula is C13H11BrN2O4. The zero-order chi connectivity index (χ0) is 14.7. The van der Waals surface area contributed by atoms with Gasteiger partial charge in [0, 0.05) is 22.3 Å². The number of non-ortho nitro benzene ring substituents is 1. The predicted octanol–water partition coefficient (Wildman–Crippen LogP) is 3.35. The van der Waals surface area contributed by atoms with Crippen molar-refractivity contribution in [3.8, 4) is 11.6 Å². The highest BCUT2D eigenvalue weighted by molar-refractivity contribution is 9.10. The molecule has 1 heterocycles. The monoisotopic (exact) mass is 338 g/mol. The molecule has 0 spiro atoms. The summed E-state index contributed by atoms with van der Waals surface area (Å²) in [6.45, 7) is 1.68. The third kappa shape index (κ3) is 3.31. The third-order valence-corrected chi connectivity index (χ3v) is 3.01. The van der Waals surface area contributed by atoms with E-state index in [1.807, 2.05) is 0 Å². The highest BCUT2D eigenvalue weighted by Gasteiger charge is 2.11. The zero-order valence-electron chi connectivity index (χ0n) is 10.5. The van der Waals surface area contributed by atoms with E-state index in [-0.39, 0.29) is 12.3 Å². The second-order valence-electron chi connectivity index (χ2n) is 4.13. The van der Waals surface area contributed by atoms with Crippen molar-refractivity contribution >= 4 is 21.6 Å². The Bertz CT molecular complexity index is 661. The second kappa shape index (κ2) is 5.98. The molecule has 2 rings (SSSR count). The number of aryl methyl sites for hydroxylation is 1. The van der Waals surface area contributed by atoms with Crippen LogP contribution in [0, 0.1) is 17.0 Å². The Morgan fingerprint density at radius 1 is 1.40 bits per heavy atom. The zero-order valence-corrected chi connectivity index (χ0v) is 12.1. The second-order valence-corrected chi connectivity index (χ2v) is 5.04. The molecule has 2 aromatic rings. The maximum Gasteiger partial charge on any atom is 0.274 e. The number of rotatable bonds is 4. The first-order valence-electron chi connectivity index (χ1n) is 5.69. The number of aliphatic hydroxyl groups is 1. The topological polar surface area (TPSA) is 85.5 Å². The smallest absolute Gasteiger partial charge is 0.274 e. The fourth-order valence-corrected chi connectivity index (χ4v) is 2.10. The molecule has 0 saturated carbocycles. The highest BCUT2D eigenvalue weighted by atomic mass is 79.9. The molecule has 0 radical (unpaired) electrons.